The van der Waals surface area contributed by atoms with Gasteiger partial charge in [0, 0.05) is 11.4 Å². The van der Waals surface area contributed by atoms with Gasteiger partial charge in [-0.15, -0.1) is 0 Å². The molecule has 0 aliphatic carbocycles. The molecule has 0 spiro atoms. The zero-order valence-corrected chi connectivity index (χ0v) is 9.35. The number of hydrogen-bond donors (Lipinski definition) is 3. The molecule has 0 aliphatic heterocycles. The summed E-state index contributed by atoms with van der Waals surface area (Å²) in [5.41, 5.74) is 6.33. The van der Waals surface area contributed by atoms with Crippen molar-refractivity contribution < 1.29 is 14.3 Å². The number of anilines is 2. The Balaban J connectivity index is 2.24. The maximum Gasteiger partial charge on any atom is 0.257 e. The van der Waals surface area contributed by atoms with Gasteiger partial charge >= 0.3 is 0 Å². The highest BCUT2D eigenvalue weighted by atomic mass is 19.1. The van der Waals surface area contributed by atoms with Gasteiger partial charge < -0.3 is 16.2 Å². The third-order valence-electron chi connectivity index (χ3n) is 2.36. The van der Waals surface area contributed by atoms with Crippen LogP contribution in [-0.4, -0.2) is 11.0 Å². The molecule has 0 unspecified atom stereocenters. The number of nitrogens with one attached hydrogen (secondary N) is 1. The summed E-state index contributed by atoms with van der Waals surface area (Å²) in [6.07, 6.45) is 0. The smallest absolute Gasteiger partial charge is 0.257 e. The second kappa shape index (κ2) is 4.75. The maximum atomic E-state index is 12.9. The van der Waals surface area contributed by atoms with Crippen molar-refractivity contribution in [1.82, 2.24) is 0 Å². The topological polar surface area (TPSA) is 75.3 Å². The van der Waals surface area contributed by atoms with Crippen LogP contribution >= 0.6 is 0 Å². The van der Waals surface area contributed by atoms with Gasteiger partial charge in [-0.2, -0.15) is 0 Å². The summed E-state index contributed by atoms with van der Waals surface area (Å²) in [6, 6.07) is 9.57. The zero-order chi connectivity index (χ0) is 13.1. The molecule has 0 fully saturated rings. The molecule has 5 heteroatoms. The number of carbonyl (C=O) groups is 1. The van der Waals surface area contributed by atoms with Crippen LogP contribution in [0.4, 0.5) is 15.8 Å². The average molecular weight is 246 g/mol. The molecule has 2 aromatic carbocycles. The van der Waals surface area contributed by atoms with Crippen LogP contribution < -0.4 is 11.1 Å². The summed E-state index contributed by atoms with van der Waals surface area (Å²) in [4.78, 5) is 11.9. The highest BCUT2D eigenvalue weighted by Crippen LogP contribution is 2.20. The van der Waals surface area contributed by atoms with E-state index in [0.29, 0.717) is 5.69 Å². The number of benzene rings is 2. The fourth-order valence-electron chi connectivity index (χ4n) is 1.51. The number of rotatable bonds is 2. The highest BCUT2D eigenvalue weighted by Gasteiger charge is 2.11. The lowest BCUT2D eigenvalue weighted by Gasteiger charge is -2.08. The first kappa shape index (κ1) is 11.9. The lowest BCUT2D eigenvalue weighted by molar-refractivity contribution is 0.102. The summed E-state index contributed by atoms with van der Waals surface area (Å²) >= 11 is 0. The Bertz CT molecular complexity index is 599. The van der Waals surface area contributed by atoms with Gasteiger partial charge in [0.25, 0.3) is 5.91 Å². The van der Waals surface area contributed by atoms with Gasteiger partial charge in [0.05, 0.1) is 5.56 Å². The molecule has 0 radical (unpaired) electrons. The number of phenols is 1. The molecule has 0 atom stereocenters. The number of aromatic hydroxyl groups is 1. The van der Waals surface area contributed by atoms with E-state index in [2.05, 4.69) is 5.32 Å². The second-order valence-corrected chi connectivity index (χ2v) is 3.74. The van der Waals surface area contributed by atoms with Crippen molar-refractivity contribution in [1.29, 1.82) is 0 Å². The van der Waals surface area contributed by atoms with Crippen LogP contribution in [0.25, 0.3) is 0 Å². The lowest BCUT2D eigenvalue weighted by Crippen LogP contribution is -2.14. The van der Waals surface area contributed by atoms with E-state index in [1.165, 1.54) is 36.4 Å². The van der Waals surface area contributed by atoms with E-state index in [1.54, 1.807) is 6.07 Å². The number of amides is 1. The first-order chi connectivity index (χ1) is 8.56. The Labute approximate surface area is 103 Å². The normalized spacial score (nSPS) is 10.1. The molecule has 0 saturated carbocycles. The van der Waals surface area contributed by atoms with E-state index in [9.17, 15) is 14.3 Å². The monoisotopic (exact) mass is 246 g/mol. The first-order valence-electron chi connectivity index (χ1n) is 5.21. The molecule has 0 heterocycles. The van der Waals surface area contributed by atoms with Gasteiger partial charge in [0.1, 0.15) is 11.6 Å². The van der Waals surface area contributed by atoms with Crippen LogP contribution in [0.2, 0.25) is 0 Å². The Kier molecular flexibility index (Phi) is 3.14. The molecule has 92 valence electrons. The number of hydrogen-bond acceptors (Lipinski definition) is 3. The van der Waals surface area contributed by atoms with Gasteiger partial charge in [-0.25, -0.2) is 4.39 Å². The average Bonchev–Trinajstić information content (AvgIpc) is 2.32. The van der Waals surface area contributed by atoms with Gasteiger partial charge in [-0.1, -0.05) is 6.07 Å². The zero-order valence-electron chi connectivity index (χ0n) is 9.35. The third kappa shape index (κ3) is 2.57. The summed E-state index contributed by atoms with van der Waals surface area (Å²) in [7, 11) is 0. The second-order valence-electron chi connectivity index (χ2n) is 3.74. The van der Waals surface area contributed by atoms with Crippen LogP contribution in [0.15, 0.2) is 42.5 Å². The number of halogens is 1. The van der Waals surface area contributed by atoms with Crippen molar-refractivity contribution >= 4 is 17.3 Å². The van der Waals surface area contributed by atoms with Crippen molar-refractivity contribution in [2.24, 2.45) is 0 Å². The highest BCUT2D eigenvalue weighted by molar-refractivity contribution is 6.07. The summed E-state index contributed by atoms with van der Waals surface area (Å²) in [5, 5.41) is 11.8. The standard InChI is InChI=1S/C13H11FN2O2/c14-8-2-1-3-9(6-8)16-13(18)11-7-10(17)4-5-12(11)15/h1-7,17H,15H2,(H,16,18). The number of nitrogens with two attached hydrogens (primary N) is 1. The van der Waals surface area contributed by atoms with Gasteiger partial charge in [-0.3, -0.25) is 4.79 Å². The van der Waals surface area contributed by atoms with Crippen molar-refractivity contribution in [3.05, 3.63) is 53.8 Å². The fourth-order valence-corrected chi connectivity index (χ4v) is 1.51. The molecule has 18 heavy (non-hydrogen) atoms. The van der Waals surface area contributed by atoms with Crippen molar-refractivity contribution in [3.63, 3.8) is 0 Å². The first-order valence-corrected chi connectivity index (χ1v) is 5.21. The largest absolute Gasteiger partial charge is 0.508 e. The van der Waals surface area contributed by atoms with Gasteiger partial charge in [0.15, 0.2) is 0 Å². The Morgan fingerprint density at radius 3 is 2.72 bits per heavy atom. The lowest BCUT2D eigenvalue weighted by atomic mass is 10.1. The molecule has 0 saturated heterocycles. The van der Waals surface area contributed by atoms with E-state index < -0.39 is 11.7 Å². The summed E-state index contributed by atoms with van der Waals surface area (Å²) in [6.45, 7) is 0. The molecule has 0 aliphatic rings. The number of phenolic OH excluding ortho intramolecular Hbond substituents is 1. The molecule has 1 amide bonds. The molecular formula is C13H11FN2O2. The number of nitrogen functional groups attached to an aromatic ring is 1. The van der Waals surface area contributed by atoms with Crippen LogP contribution in [-0.2, 0) is 0 Å². The minimum Gasteiger partial charge on any atom is -0.508 e. The Hall–Kier alpha value is -2.56. The quantitative estimate of drug-likeness (QED) is 0.562. The molecular weight excluding hydrogens is 235 g/mol. The van der Waals surface area contributed by atoms with E-state index in [4.69, 9.17) is 5.73 Å². The van der Waals surface area contributed by atoms with E-state index in [0.717, 1.165) is 0 Å². The molecule has 4 nitrogen and oxygen atoms in total. The predicted octanol–water partition coefficient (Wildman–Crippen LogP) is 2.37. The van der Waals surface area contributed by atoms with Gasteiger partial charge in [-0.05, 0) is 36.4 Å². The predicted molar refractivity (Wildman–Crippen MR) is 66.9 cm³/mol. The van der Waals surface area contributed by atoms with E-state index >= 15 is 0 Å². The molecule has 0 aromatic heterocycles. The van der Waals surface area contributed by atoms with Crippen molar-refractivity contribution in [2.75, 3.05) is 11.1 Å². The van der Waals surface area contributed by atoms with Crippen molar-refractivity contribution in [2.45, 2.75) is 0 Å². The minimum atomic E-state index is -0.506. The van der Waals surface area contributed by atoms with Gasteiger partial charge in [0.2, 0.25) is 0 Å². The molecule has 2 aromatic rings. The summed E-state index contributed by atoms with van der Waals surface area (Å²) < 4.78 is 12.9. The maximum absolute atomic E-state index is 12.9. The Morgan fingerprint density at radius 1 is 1.22 bits per heavy atom. The minimum absolute atomic E-state index is 0.0615. The van der Waals surface area contributed by atoms with Crippen LogP contribution in [0.1, 0.15) is 10.4 Å². The van der Waals surface area contributed by atoms with E-state index in [1.807, 2.05) is 0 Å². The fraction of sp³-hybridized carbons (Fsp3) is 0. The molecule has 4 N–H and O–H groups in total. The van der Waals surface area contributed by atoms with Crippen molar-refractivity contribution in [3.8, 4) is 5.75 Å². The number of carbonyl (C=O) groups excluding carboxylic acids is 1. The van der Waals surface area contributed by atoms with Crippen LogP contribution in [0.3, 0.4) is 0 Å². The van der Waals surface area contributed by atoms with Crippen LogP contribution in [0.5, 0.6) is 5.75 Å². The summed E-state index contributed by atoms with van der Waals surface area (Å²) in [5.74, 6) is -1.01. The Morgan fingerprint density at radius 2 is 2.00 bits per heavy atom. The SMILES string of the molecule is Nc1ccc(O)cc1C(=O)Nc1cccc(F)c1. The van der Waals surface area contributed by atoms with E-state index in [-0.39, 0.29) is 17.0 Å². The molecule has 0 bridgehead atoms. The van der Waals surface area contributed by atoms with Crippen LogP contribution in [0, 0.1) is 5.82 Å². The third-order valence-corrected chi connectivity index (χ3v) is 2.36. The molecule has 2 rings (SSSR count).